The quantitative estimate of drug-likeness (QED) is 0.787. The predicted molar refractivity (Wildman–Crippen MR) is 72.0 cm³/mol. The third-order valence-corrected chi connectivity index (χ3v) is 3.14. The van der Waals surface area contributed by atoms with Crippen molar-refractivity contribution < 1.29 is 0 Å². The molecule has 0 spiro atoms. The molecule has 0 saturated heterocycles. The zero-order chi connectivity index (χ0) is 12.3. The monoisotopic (exact) mass is 229 g/mol. The van der Waals surface area contributed by atoms with Gasteiger partial charge in [-0.1, -0.05) is 18.2 Å². The van der Waals surface area contributed by atoms with Crippen molar-refractivity contribution >= 4 is 10.9 Å². The first-order valence-electron chi connectivity index (χ1n) is 5.99. The van der Waals surface area contributed by atoms with Gasteiger partial charge >= 0.3 is 0 Å². The van der Waals surface area contributed by atoms with Crippen LogP contribution in [-0.4, -0.2) is 18.1 Å². The van der Waals surface area contributed by atoms with Gasteiger partial charge in [0.1, 0.15) is 0 Å². The molecule has 1 heterocycles. The number of aromatic nitrogens is 1. The van der Waals surface area contributed by atoms with Crippen molar-refractivity contribution in [3.8, 4) is 0 Å². The number of fused-ring (bicyclic) bond motifs is 1. The third kappa shape index (κ3) is 2.46. The predicted octanol–water partition coefficient (Wildman–Crippen LogP) is 1.90. The van der Waals surface area contributed by atoms with Crippen LogP contribution in [0, 0.1) is 13.8 Å². The standard InChI is InChI=1S/C14H19N3/c1-10-11(2)17-14-6-4-3-5-12(14)13(10)9-16-8-7-15/h3-6,16H,7-9,15H2,1-2H3. The molecule has 0 radical (unpaired) electrons. The lowest BCUT2D eigenvalue weighted by Gasteiger charge is -2.13. The number of aryl methyl sites for hydroxylation is 1. The van der Waals surface area contributed by atoms with E-state index in [1.54, 1.807) is 0 Å². The van der Waals surface area contributed by atoms with Gasteiger partial charge in [-0.2, -0.15) is 0 Å². The molecular weight excluding hydrogens is 210 g/mol. The molecule has 3 heteroatoms. The third-order valence-electron chi connectivity index (χ3n) is 3.14. The van der Waals surface area contributed by atoms with Gasteiger partial charge in [-0.25, -0.2) is 0 Å². The molecule has 2 rings (SSSR count). The summed E-state index contributed by atoms with van der Waals surface area (Å²) in [6.45, 7) is 6.56. The molecule has 2 aromatic rings. The van der Waals surface area contributed by atoms with Crippen LogP contribution < -0.4 is 11.1 Å². The summed E-state index contributed by atoms with van der Waals surface area (Å²) in [6, 6.07) is 8.29. The van der Waals surface area contributed by atoms with Crippen LogP contribution in [0.15, 0.2) is 24.3 Å². The summed E-state index contributed by atoms with van der Waals surface area (Å²) < 4.78 is 0. The minimum Gasteiger partial charge on any atom is -0.329 e. The van der Waals surface area contributed by atoms with E-state index in [9.17, 15) is 0 Å². The topological polar surface area (TPSA) is 50.9 Å². The summed E-state index contributed by atoms with van der Waals surface area (Å²) in [4.78, 5) is 4.61. The van der Waals surface area contributed by atoms with Gasteiger partial charge in [0.2, 0.25) is 0 Å². The molecule has 0 aliphatic heterocycles. The van der Waals surface area contributed by atoms with Crippen molar-refractivity contribution in [1.29, 1.82) is 0 Å². The fourth-order valence-corrected chi connectivity index (χ4v) is 2.05. The SMILES string of the molecule is Cc1nc2ccccc2c(CNCCN)c1C. The van der Waals surface area contributed by atoms with Crippen LogP contribution in [0.4, 0.5) is 0 Å². The molecular formula is C14H19N3. The van der Waals surface area contributed by atoms with E-state index in [4.69, 9.17) is 5.73 Å². The summed E-state index contributed by atoms with van der Waals surface area (Å²) in [6.07, 6.45) is 0. The number of benzene rings is 1. The highest BCUT2D eigenvalue weighted by atomic mass is 14.9. The Morgan fingerprint density at radius 1 is 1.24 bits per heavy atom. The lowest BCUT2D eigenvalue weighted by molar-refractivity contribution is 0.694. The first-order valence-corrected chi connectivity index (χ1v) is 5.99. The van der Waals surface area contributed by atoms with Crippen molar-refractivity contribution in [1.82, 2.24) is 10.3 Å². The summed E-state index contributed by atoms with van der Waals surface area (Å²) in [7, 11) is 0. The van der Waals surface area contributed by atoms with E-state index in [2.05, 4.69) is 42.3 Å². The average molecular weight is 229 g/mol. The van der Waals surface area contributed by atoms with E-state index < -0.39 is 0 Å². The van der Waals surface area contributed by atoms with Crippen LogP contribution in [0.5, 0.6) is 0 Å². The van der Waals surface area contributed by atoms with Gasteiger partial charge in [0.05, 0.1) is 5.52 Å². The molecule has 1 aromatic heterocycles. The number of nitrogens with one attached hydrogen (secondary N) is 1. The maximum atomic E-state index is 5.50. The molecule has 17 heavy (non-hydrogen) atoms. The summed E-state index contributed by atoms with van der Waals surface area (Å²) >= 11 is 0. The number of hydrogen-bond acceptors (Lipinski definition) is 3. The highest BCUT2D eigenvalue weighted by Crippen LogP contribution is 2.22. The van der Waals surface area contributed by atoms with Crippen molar-refractivity contribution in [2.24, 2.45) is 5.73 Å². The molecule has 0 unspecified atom stereocenters. The van der Waals surface area contributed by atoms with Crippen molar-refractivity contribution in [2.75, 3.05) is 13.1 Å². The lowest BCUT2D eigenvalue weighted by Crippen LogP contribution is -2.22. The van der Waals surface area contributed by atoms with Crippen LogP contribution in [0.2, 0.25) is 0 Å². The maximum Gasteiger partial charge on any atom is 0.0708 e. The van der Waals surface area contributed by atoms with Gasteiger partial charge in [-0.15, -0.1) is 0 Å². The smallest absolute Gasteiger partial charge is 0.0708 e. The Labute approximate surface area is 102 Å². The average Bonchev–Trinajstić information content (AvgIpc) is 2.34. The highest BCUT2D eigenvalue weighted by molar-refractivity contribution is 5.83. The van der Waals surface area contributed by atoms with Crippen molar-refractivity contribution in [3.05, 3.63) is 41.1 Å². The largest absolute Gasteiger partial charge is 0.329 e. The number of hydrogen-bond donors (Lipinski definition) is 2. The lowest BCUT2D eigenvalue weighted by atomic mass is 10.0. The minimum atomic E-state index is 0.668. The number of nitrogens with two attached hydrogens (primary N) is 1. The van der Waals surface area contributed by atoms with E-state index in [0.29, 0.717) is 6.54 Å². The second-order valence-corrected chi connectivity index (χ2v) is 4.28. The van der Waals surface area contributed by atoms with Crippen molar-refractivity contribution in [2.45, 2.75) is 20.4 Å². The zero-order valence-corrected chi connectivity index (χ0v) is 10.5. The van der Waals surface area contributed by atoms with Crippen LogP contribution in [0.3, 0.4) is 0 Å². The number of pyridine rings is 1. The van der Waals surface area contributed by atoms with Gasteiger partial charge in [-0.3, -0.25) is 4.98 Å². The Bertz CT molecular complexity index is 520. The Hall–Kier alpha value is -1.45. The molecule has 1 aromatic carbocycles. The van der Waals surface area contributed by atoms with Gasteiger partial charge in [0.25, 0.3) is 0 Å². The Balaban J connectivity index is 2.46. The fourth-order valence-electron chi connectivity index (χ4n) is 2.05. The van der Waals surface area contributed by atoms with E-state index in [0.717, 1.165) is 24.3 Å². The van der Waals surface area contributed by atoms with Gasteiger partial charge in [0, 0.05) is 30.7 Å². The van der Waals surface area contributed by atoms with Gasteiger partial charge < -0.3 is 11.1 Å². The van der Waals surface area contributed by atoms with Crippen molar-refractivity contribution in [3.63, 3.8) is 0 Å². The second kappa shape index (κ2) is 5.25. The molecule has 0 atom stereocenters. The van der Waals surface area contributed by atoms with Crippen LogP contribution in [0.25, 0.3) is 10.9 Å². The molecule has 0 fully saturated rings. The van der Waals surface area contributed by atoms with E-state index in [1.807, 2.05) is 6.07 Å². The summed E-state index contributed by atoms with van der Waals surface area (Å²) in [5.74, 6) is 0. The Kier molecular flexibility index (Phi) is 3.71. The molecule has 0 saturated carbocycles. The molecule has 0 bridgehead atoms. The summed E-state index contributed by atoms with van der Waals surface area (Å²) in [5.41, 5.74) is 10.3. The summed E-state index contributed by atoms with van der Waals surface area (Å²) in [5, 5.41) is 4.59. The molecule has 0 aliphatic carbocycles. The molecule has 0 aliphatic rings. The minimum absolute atomic E-state index is 0.668. The molecule has 3 nitrogen and oxygen atoms in total. The zero-order valence-electron chi connectivity index (χ0n) is 10.5. The van der Waals surface area contributed by atoms with Crippen LogP contribution in [-0.2, 0) is 6.54 Å². The first-order chi connectivity index (χ1) is 8.24. The molecule has 3 N–H and O–H groups in total. The Morgan fingerprint density at radius 3 is 2.76 bits per heavy atom. The molecule has 90 valence electrons. The normalized spacial score (nSPS) is 11.0. The highest BCUT2D eigenvalue weighted by Gasteiger charge is 2.08. The van der Waals surface area contributed by atoms with Crippen LogP contribution >= 0.6 is 0 Å². The van der Waals surface area contributed by atoms with Crippen LogP contribution in [0.1, 0.15) is 16.8 Å². The maximum absolute atomic E-state index is 5.50. The fraction of sp³-hybridized carbons (Fsp3) is 0.357. The van der Waals surface area contributed by atoms with Gasteiger partial charge in [0.15, 0.2) is 0 Å². The van der Waals surface area contributed by atoms with Gasteiger partial charge in [-0.05, 0) is 31.0 Å². The number of nitrogens with zero attached hydrogens (tertiary/aromatic N) is 1. The van der Waals surface area contributed by atoms with E-state index >= 15 is 0 Å². The first kappa shape index (κ1) is 12.0. The van der Waals surface area contributed by atoms with E-state index in [-0.39, 0.29) is 0 Å². The number of rotatable bonds is 4. The second-order valence-electron chi connectivity index (χ2n) is 4.28. The number of para-hydroxylation sites is 1. The van der Waals surface area contributed by atoms with E-state index in [1.165, 1.54) is 16.5 Å². The Morgan fingerprint density at radius 2 is 2.00 bits per heavy atom. The molecule has 0 amide bonds.